The summed E-state index contributed by atoms with van der Waals surface area (Å²) in [6, 6.07) is 26.4. The number of nitrogens with one attached hydrogen (secondary N) is 3. The second kappa shape index (κ2) is 12.0. The first-order valence-electron chi connectivity index (χ1n) is 16.0. The van der Waals surface area contributed by atoms with E-state index in [1.54, 1.807) is 28.0 Å². The van der Waals surface area contributed by atoms with Gasteiger partial charge in [0.15, 0.2) is 0 Å². The molecule has 3 N–H and O–H groups in total. The lowest BCUT2D eigenvalue weighted by Crippen LogP contribution is -2.48. The number of hydrogen-bond donors (Lipinski definition) is 3. The van der Waals surface area contributed by atoms with Crippen LogP contribution < -0.4 is 15.0 Å². The second-order valence-corrected chi connectivity index (χ2v) is 12.8. The molecule has 10 nitrogen and oxygen atoms in total. The van der Waals surface area contributed by atoms with Crippen molar-refractivity contribution >= 4 is 73.5 Å². The van der Waals surface area contributed by atoms with Crippen molar-refractivity contribution in [1.29, 1.82) is 0 Å². The number of nitrogens with zero attached hydrogens (tertiary/aromatic N) is 3. The molecule has 6 aromatic rings. The molecule has 0 saturated carbocycles. The van der Waals surface area contributed by atoms with E-state index >= 15 is 0 Å². The predicted molar refractivity (Wildman–Crippen MR) is 189 cm³/mol. The maximum atomic E-state index is 14.2. The molecule has 242 valence electrons. The van der Waals surface area contributed by atoms with Gasteiger partial charge in [-0.2, -0.15) is 0 Å². The molecular weight excluding hydrogens is 628 g/mol. The molecule has 4 heterocycles. The van der Waals surface area contributed by atoms with Crippen LogP contribution in [-0.2, 0) is 0 Å². The Morgan fingerprint density at radius 3 is 2.33 bits per heavy atom. The van der Waals surface area contributed by atoms with Crippen molar-refractivity contribution in [3.8, 4) is 5.75 Å². The van der Waals surface area contributed by atoms with Crippen LogP contribution in [0.1, 0.15) is 32.5 Å². The maximum absolute atomic E-state index is 14.2. The summed E-state index contributed by atoms with van der Waals surface area (Å²) in [5, 5.41) is 6.40. The molecule has 0 spiro atoms. The van der Waals surface area contributed by atoms with Crippen molar-refractivity contribution in [3.63, 3.8) is 0 Å². The van der Waals surface area contributed by atoms with E-state index in [1.165, 1.54) is 0 Å². The smallest absolute Gasteiger partial charge is 0.409 e. The lowest BCUT2D eigenvalue weighted by atomic mass is 9.95. The number of rotatable bonds is 5. The number of halogens is 1. The van der Waals surface area contributed by atoms with Gasteiger partial charge in [-0.1, -0.05) is 42.5 Å². The van der Waals surface area contributed by atoms with Gasteiger partial charge >= 0.3 is 6.09 Å². The number of benzene rings is 4. The summed E-state index contributed by atoms with van der Waals surface area (Å²) >= 11 is 6.50. The van der Waals surface area contributed by atoms with Crippen molar-refractivity contribution in [1.82, 2.24) is 19.8 Å². The Balaban J connectivity index is 1.08. The highest BCUT2D eigenvalue weighted by molar-refractivity contribution is 6.19. The van der Waals surface area contributed by atoms with Crippen LogP contribution in [0.3, 0.4) is 0 Å². The van der Waals surface area contributed by atoms with E-state index in [-0.39, 0.29) is 17.7 Å². The maximum Gasteiger partial charge on any atom is 0.415 e. The minimum absolute atomic E-state index is 0.103. The van der Waals surface area contributed by atoms with Gasteiger partial charge in [0.1, 0.15) is 17.1 Å². The van der Waals surface area contributed by atoms with E-state index in [9.17, 15) is 14.4 Å². The molecule has 0 radical (unpaired) electrons. The Kier molecular flexibility index (Phi) is 7.54. The average Bonchev–Trinajstić information content (AvgIpc) is 3.83. The summed E-state index contributed by atoms with van der Waals surface area (Å²) in [4.78, 5) is 52.5. The number of amides is 3. The van der Waals surface area contributed by atoms with Crippen molar-refractivity contribution in [3.05, 3.63) is 102 Å². The number of anilines is 2. The minimum Gasteiger partial charge on any atom is -0.409 e. The number of ether oxygens (including phenoxy) is 1. The van der Waals surface area contributed by atoms with E-state index in [4.69, 9.17) is 16.3 Å². The fourth-order valence-electron chi connectivity index (χ4n) is 6.83. The van der Waals surface area contributed by atoms with Crippen LogP contribution in [0.5, 0.6) is 5.75 Å². The quantitative estimate of drug-likeness (QED) is 0.176. The first kappa shape index (κ1) is 30.0. The van der Waals surface area contributed by atoms with Gasteiger partial charge in [0.25, 0.3) is 11.8 Å². The number of hydrogen-bond acceptors (Lipinski definition) is 5. The lowest BCUT2D eigenvalue weighted by Gasteiger charge is -2.31. The Bertz CT molecular complexity index is 2200. The van der Waals surface area contributed by atoms with Gasteiger partial charge in [0, 0.05) is 83.5 Å². The third-order valence-electron chi connectivity index (χ3n) is 9.40. The third kappa shape index (κ3) is 5.32. The molecule has 1 fully saturated rings. The first-order chi connectivity index (χ1) is 23.4. The average molecular weight is 661 g/mol. The molecule has 2 aliphatic rings. The number of alkyl halides is 1. The van der Waals surface area contributed by atoms with E-state index in [0.717, 1.165) is 51.2 Å². The van der Waals surface area contributed by atoms with E-state index in [2.05, 4.69) is 20.2 Å². The van der Waals surface area contributed by atoms with Gasteiger partial charge in [0.05, 0.1) is 5.69 Å². The Labute approximate surface area is 281 Å². The second-order valence-electron chi connectivity index (χ2n) is 12.5. The largest absolute Gasteiger partial charge is 0.415 e. The van der Waals surface area contributed by atoms with Gasteiger partial charge in [0.2, 0.25) is 0 Å². The topological polar surface area (TPSA) is 114 Å². The highest BCUT2D eigenvalue weighted by Crippen LogP contribution is 2.46. The number of para-hydroxylation sites is 1. The van der Waals surface area contributed by atoms with Gasteiger partial charge in [-0.3, -0.25) is 9.59 Å². The standard InChI is InChI=1S/C37H33ClN6O4/c1-42-12-14-43(15-13-42)37(47)48-33-19-32-34(27-8-4-3-7-26(27)33)24(20-38)21-44(32)36(46)31-18-23-16-25(10-11-29(23)41-31)39-35(45)30-17-22-6-2-5-9-28(22)40-30/h2-11,16-19,24,40-41H,12-15,20-21H2,1H3,(H,39,45)/t24-/m1/s1. The van der Waals surface area contributed by atoms with Crippen molar-refractivity contribution < 1.29 is 19.1 Å². The molecule has 2 aliphatic heterocycles. The molecule has 11 heteroatoms. The summed E-state index contributed by atoms with van der Waals surface area (Å²) in [5.74, 6) is 0.153. The van der Waals surface area contributed by atoms with E-state index in [1.807, 2.05) is 73.8 Å². The third-order valence-corrected chi connectivity index (χ3v) is 9.77. The molecule has 8 rings (SSSR count). The highest BCUT2D eigenvalue weighted by Gasteiger charge is 2.36. The molecule has 0 unspecified atom stereocenters. The Morgan fingerprint density at radius 2 is 1.54 bits per heavy atom. The normalized spacial score (nSPS) is 16.5. The summed E-state index contributed by atoms with van der Waals surface area (Å²) in [5.41, 5.74) is 4.76. The summed E-state index contributed by atoms with van der Waals surface area (Å²) in [6.45, 7) is 3.13. The molecule has 1 saturated heterocycles. The molecule has 2 aromatic heterocycles. The van der Waals surface area contributed by atoms with Crippen LogP contribution in [0.2, 0.25) is 0 Å². The molecule has 1 atom stereocenters. The van der Waals surface area contributed by atoms with Crippen LogP contribution in [0.4, 0.5) is 16.2 Å². The number of carbonyl (C=O) groups excluding carboxylic acids is 3. The first-order valence-corrected chi connectivity index (χ1v) is 16.5. The monoisotopic (exact) mass is 660 g/mol. The van der Waals surface area contributed by atoms with Gasteiger partial charge in [-0.15, -0.1) is 11.6 Å². The lowest BCUT2D eigenvalue weighted by molar-refractivity contribution is 0.0982. The molecular formula is C37H33ClN6O4. The fraction of sp³-hybridized carbons (Fsp3) is 0.216. The summed E-state index contributed by atoms with van der Waals surface area (Å²) in [6.07, 6.45) is -0.402. The Hall–Kier alpha value is -5.32. The molecule has 48 heavy (non-hydrogen) atoms. The summed E-state index contributed by atoms with van der Waals surface area (Å²) in [7, 11) is 2.03. The Morgan fingerprint density at radius 1 is 0.833 bits per heavy atom. The van der Waals surface area contributed by atoms with Crippen LogP contribution >= 0.6 is 11.6 Å². The summed E-state index contributed by atoms with van der Waals surface area (Å²) < 4.78 is 6.03. The fourth-order valence-corrected chi connectivity index (χ4v) is 7.08. The minimum atomic E-state index is -0.402. The van der Waals surface area contributed by atoms with Crippen LogP contribution in [0.25, 0.3) is 32.6 Å². The van der Waals surface area contributed by atoms with Gasteiger partial charge in [-0.25, -0.2) is 4.79 Å². The zero-order valence-electron chi connectivity index (χ0n) is 26.3. The van der Waals surface area contributed by atoms with Gasteiger partial charge < -0.3 is 34.7 Å². The van der Waals surface area contributed by atoms with E-state index in [0.29, 0.717) is 54.0 Å². The van der Waals surface area contributed by atoms with Crippen LogP contribution in [-0.4, -0.2) is 83.3 Å². The number of aromatic amines is 2. The van der Waals surface area contributed by atoms with Crippen LogP contribution in [0.15, 0.2) is 84.9 Å². The number of carbonyl (C=O) groups is 3. The van der Waals surface area contributed by atoms with Gasteiger partial charge in [-0.05, 0) is 54.4 Å². The highest BCUT2D eigenvalue weighted by atomic mass is 35.5. The molecule has 0 bridgehead atoms. The predicted octanol–water partition coefficient (Wildman–Crippen LogP) is 6.78. The molecule has 3 amide bonds. The zero-order chi connectivity index (χ0) is 32.9. The van der Waals surface area contributed by atoms with Crippen molar-refractivity contribution in [2.24, 2.45) is 0 Å². The SMILES string of the molecule is CN1CCN(C(=O)Oc2cc3c(c4ccccc24)[C@H](CCl)CN3C(=O)c2cc3cc(NC(=O)c4cc5ccccc5[nH]4)ccc3[nH]2)CC1. The van der Waals surface area contributed by atoms with Crippen LogP contribution in [0, 0.1) is 0 Å². The number of H-pyrrole nitrogens is 2. The number of fused-ring (bicyclic) bond motifs is 5. The number of aromatic nitrogens is 2. The number of likely N-dealkylation sites (N-methyl/N-ethyl adjacent to an activating group) is 1. The van der Waals surface area contributed by atoms with E-state index < -0.39 is 6.09 Å². The van der Waals surface area contributed by atoms with Crippen molar-refractivity contribution in [2.75, 3.05) is 55.9 Å². The zero-order valence-corrected chi connectivity index (χ0v) is 27.0. The number of piperazine rings is 1. The molecule has 4 aromatic carbocycles. The van der Waals surface area contributed by atoms with Crippen molar-refractivity contribution in [2.45, 2.75) is 5.92 Å². The molecule has 0 aliphatic carbocycles.